The number of amides is 1. The number of rotatable bonds is 3. The van der Waals surface area contributed by atoms with Gasteiger partial charge in [-0.05, 0) is 25.9 Å². The molecule has 7 nitrogen and oxygen atoms in total. The van der Waals surface area contributed by atoms with Gasteiger partial charge in [0.05, 0.1) is 19.8 Å². The van der Waals surface area contributed by atoms with Crippen molar-refractivity contribution in [2.75, 3.05) is 59.2 Å². The fourth-order valence-electron chi connectivity index (χ4n) is 3.70. The van der Waals surface area contributed by atoms with Crippen molar-refractivity contribution in [2.45, 2.75) is 18.4 Å². The summed E-state index contributed by atoms with van der Waals surface area (Å²) in [6, 6.07) is 0. The van der Waals surface area contributed by atoms with Crippen LogP contribution in [0.3, 0.4) is 0 Å². The number of hydrogen-bond acceptors (Lipinski definition) is 7. The summed E-state index contributed by atoms with van der Waals surface area (Å²) in [5.41, 5.74) is -1.04. The Morgan fingerprint density at radius 3 is 2.84 bits per heavy atom. The highest BCUT2D eigenvalue weighted by atomic mass is 32.1. The standard InChI is InChI=1S/C17H24N2O5S/c20-16(15-14-13(9-25-15)23-7-8-24-14)19-5-6-22-12-17(21,11-19)10-18-3-1-2-4-18/h9,21H,1-8,10-12H2. The van der Waals surface area contributed by atoms with Crippen molar-refractivity contribution in [1.29, 1.82) is 0 Å². The molecule has 1 N–H and O–H groups in total. The first-order valence-electron chi connectivity index (χ1n) is 8.83. The van der Waals surface area contributed by atoms with Crippen LogP contribution in [-0.4, -0.2) is 85.6 Å². The van der Waals surface area contributed by atoms with Gasteiger partial charge in [0.1, 0.15) is 23.7 Å². The van der Waals surface area contributed by atoms with E-state index in [-0.39, 0.29) is 19.1 Å². The normalized spacial score (nSPS) is 27.3. The minimum atomic E-state index is -1.04. The number of fused-ring (bicyclic) bond motifs is 1. The molecule has 138 valence electrons. The van der Waals surface area contributed by atoms with Crippen molar-refractivity contribution < 1.29 is 24.1 Å². The zero-order valence-electron chi connectivity index (χ0n) is 14.2. The zero-order chi connectivity index (χ0) is 17.3. The first-order chi connectivity index (χ1) is 12.1. The van der Waals surface area contributed by atoms with E-state index in [2.05, 4.69) is 4.90 Å². The quantitative estimate of drug-likeness (QED) is 0.852. The maximum Gasteiger partial charge on any atom is 0.268 e. The van der Waals surface area contributed by atoms with Crippen LogP contribution in [0, 0.1) is 0 Å². The first-order valence-corrected chi connectivity index (χ1v) is 9.71. The molecule has 0 spiro atoms. The van der Waals surface area contributed by atoms with Gasteiger partial charge >= 0.3 is 0 Å². The largest absolute Gasteiger partial charge is 0.485 e. The smallest absolute Gasteiger partial charge is 0.268 e. The van der Waals surface area contributed by atoms with Gasteiger partial charge in [-0.25, -0.2) is 0 Å². The van der Waals surface area contributed by atoms with Crippen molar-refractivity contribution in [1.82, 2.24) is 9.80 Å². The van der Waals surface area contributed by atoms with E-state index in [0.29, 0.717) is 49.3 Å². The Morgan fingerprint density at radius 2 is 2.00 bits per heavy atom. The van der Waals surface area contributed by atoms with Gasteiger partial charge in [-0.1, -0.05) is 0 Å². The molecule has 1 aromatic heterocycles. The number of carbonyl (C=O) groups excluding carboxylic acids is 1. The molecule has 4 rings (SSSR count). The number of carbonyl (C=O) groups is 1. The monoisotopic (exact) mass is 368 g/mol. The molecular weight excluding hydrogens is 344 g/mol. The molecule has 4 heterocycles. The third-order valence-electron chi connectivity index (χ3n) is 4.86. The van der Waals surface area contributed by atoms with Crippen LogP contribution in [0.25, 0.3) is 0 Å². The highest BCUT2D eigenvalue weighted by Crippen LogP contribution is 2.40. The second-order valence-electron chi connectivity index (χ2n) is 6.94. The van der Waals surface area contributed by atoms with Crippen LogP contribution in [0.2, 0.25) is 0 Å². The molecule has 0 bridgehead atoms. The molecule has 2 fully saturated rings. The van der Waals surface area contributed by atoms with Gasteiger partial charge in [0.15, 0.2) is 11.5 Å². The SMILES string of the molecule is O=C(c1scc2c1OCCO2)N1CCOCC(O)(CN2CCCC2)C1. The molecule has 0 saturated carbocycles. The van der Waals surface area contributed by atoms with Crippen LogP contribution in [-0.2, 0) is 4.74 Å². The molecule has 1 unspecified atom stereocenters. The number of ether oxygens (including phenoxy) is 3. The summed E-state index contributed by atoms with van der Waals surface area (Å²) in [5.74, 6) is 1.05. The lowest BCUT2D eigenvalue weighted by Gasteiger charge is -2.34. The Balaban J connectivity index is 1.50. The second kappa shape index (κ2) is 7.11. The maximum atomic E-state index is 13.0. The highest BCUT2D eigenvalue weighted by molar-refractivity contribution is 7.12. The van der Waals surface area contributed by atoms with Gasteiger partial charge in [0, 0.05) is 18.5 Å². The Kier molecular flexibility index (Phi) is 4.86. The van der Waals surface area contributed by atoms with E-state index < -0.39 is 5.60 Å². The van der Waals surface area contributed by atoms with Crippen molar-refractivity contribution in [3.63, 3.8) is 0 Å². The predicted octanol–water partition coefficient (Wildman–Crippen LogP) is 0.819. The third-order valence-corrected chi connectivity index (χ3v) is 5.79. The summed E-state index contributed by atoms with van der Waals surface area (Å²) in [5, 5.41) is 12.9. The summed E-state index contributed by atoms with van der Waals surface area (Å²) in [4.78, 5) is 17.5. The van der Waals surface area contributed by atoms with Crippen molar-refractivity contribution in [3.05, 3.63) is 10.3 Å². The number of β-amino-alcohol motifs (C(OH)–C–C–N with tert-alkyl or cyclic N) is 1. The van der Waals surface area contributed by atoms with E-state index in [1.165, 1.54) is 11.3 Å². The molecule has 3 aliphatic heterocycles. The molecule has 1 atom stereocenters. The van der Waals surface area contributed by atoms with Crippen molar-refractivity contribution >= 4 is 17.2 Å². The molecule has 1 amide bonds. The van der Waals surface area contributed by atoms with Gasteiger partial charge in [0.2, 0.25) is 0 Å². The highest BCUT2D eigenvalue weighted by Gasteiger charge is 2.38. The van der Waals surface area contributed by atoms with Crippen molar-refractivity contribution in [3.8, 4) is 11.5 Å². The molecule has 0 aromatic carbocycles. The third kappa shape index (κ3) is 3.62. The Morgan fingerprint density at radius 1 is 1.20 bits per heavy atom. The zero-order valence-corrected chi connectivity index (χ0v) is 15.1. The molecular formula is C17H24N2O5S. The summed E-state index contributed by atoms with van der Waals surface area (Å²) in [6.07, 6.45) is 2.33. The van der Waals surface area contributed by atoms with E-state index in [1.807, 2.05) is 5.38 Å². The van der Waals surface area contributed by atoms with E-state index in [4.69, 9.17) is 14.2 Å². The van der Waals surface area contributed by atoms with Crippen LogP contribution in [0.1, 0.15) is 22.5 Å². The minimum absolute atomic E-state index is 0.123. The van der Waals surface area contributed by atoms with E-state index in [0.717, 1.165) is 25.9 Å². The number of nitrogens with zero attached hydrogens (tertiary/aromatic N) is 2. The summed E-state index contributed by atoms with van der Waals surface area (Å²) < 4.78 is 16.8. The molecule has 0 radical (unpaired) electrons. The topological polar surface area (TPSA) is 71.5 Å². The fraction of sp³-hybridized carbons (Fsp3) is 0.706. The average Bonchev–Trinajstić information content (AvgIpc) is 3.22. The minimum Gasteiger partial charge on any atom is -0.485 e. The van der Waals surface area contributed by atoms with Gasteiger partial charge < -0.3 is 29.1 Å². The van der Waals surface area contributed by atoms with Crippen LogP contribution in [0.5, 0.6) is 11.5 Å². The number of thiophene rings is 1. The van der Waals surface area contributed by atoms with Crippen molar-refractivity contribution in [2.24, 2.45) is 0 Å². The molecule has 8 heteroatoms. The van der Waals surface area contributed by atoms with E-state index in [1.54, 1.807) is 4.90 Å². The fourth-order valence-corrected chi connectivity index (χ4v) is 4.59. The van der Waals surface area contributed by atoms with Gasteiger partial charge in [-0.15, -0.1) is 11.3 Å². The molecule has 2 saturated heterocycles. The number of hydrogen-bond donors (Lipinski definition) is 1. The molecule has 25 heavy (non-hydrogen) atoms. The Hall–Kier alpha value is -1.35. The summed E-state index contributed by atoms with van der Waals surface area (Å²) in [7, 11) is 0. The first kappa shape index (κ1) is 17.1. The maximum absolute atomic E-state index is 13.0. The van der Waals surface area contributed by atoms with Crippen LogP contribution in [0.15, 0.2) is 5.38 Å². The lowest BCUT2D eigenvalue weighted by atomic mass is 10.0. The van der Waals surface area contributed by atoms with Gasteiger partial charge in [0.25, 0.3) is 5.91 Å². The van der Waals surface area contributed by atoms with E-state index in [9.17, 15) is 9.90 Å². The lowest BCUT2D eigenvalue weighted by Crippen LogP contribution is -2.52. The Bertz CT molecular complexity index is 631. The molecule has 1 aromatic rings. The van der Waals surface area contributed by atoms with E-state index >= 15 is 0 Å². The number of aliphatic hydroxyl groups is 1. The van der Waals surface area contributed by atoms with Crippen LogP contribution in [0.4, 0.5) is 0 Å². The molecule has 3 aliphatic rings. The summed E-state index contributed by atoms with van der Waals surface area (Å²) >= 11 is 1.33. The van der Waals surface area contributed by atoms with Gasteiger partial charge in [-0.2, -0.15) is 0 Å². The summed E-state index contributed by atoms with van der Waals surface area (Å²) in [6.45, 7) is 4.92. The number of likely N-dealkylation sites (tertiary alicyclic amines) is 1. The predicted molar refractivity (Wildman–Crippen MR) is 92.7 cm³/mol. The van der Waals surface area contributed by atoms with Crippen LogP contribution >= 0.6 is 11.3 Å². The molecule has 0 aliphatic carbocycles. The average molecular weight is 368 g/mol. The Labute approximate surface area is 151 Å². The van der Waals surface area contributed by atoms with Gasteiger partial charge in [-0.3, -0.25) is 4.79 Å². The second-order valence-corrected chi connectivity index (χ2v) is 7.82. The lowest BCUT2D eigenvalue weighted by molar-refractivity contribution is -0.0524. The van der Waals surface area contributed by atoms with Crippen LogP contribution < -0.4 is 9.47 Å².